The van der Waals surface area contributed by atoms with Crippen molar-refractivity contribution in [3.8, 4) is 11.4 Å². The molecule has 1 aromatic heterocycles. The van der Waals surface area contributed by atoms with E-state index in [-0.39, 0.29) is 18.5 Å². The molecule has 0 radical (unpaired) electrons. The molecule has 9 nitrogen and oxygen atoms in total. The summed E-state index contributed by atoms with van der Waals surface area (Å²) in [5.74, 6) is 0.119. The summed E-state index contributed by atoms with van der Waals surface area (Å²) in [5.41, 5.74) is 0.712. The minimum atomic E-state index is -0.383. The molecular weight excluding hydrogens is 276 g/mol. The zero-order valence-corrected chi connectivity index (χ0v) is 11.0. The van der Waals surface area contributed by atoms with Gasteiger partial charge in [0, 0.05) is 19.2 Å². The van der Waals surface area contributed by atoms with Crippen LogP contribution in [0.1, 0.15) is 0 Å². The fourth-order valence-electron chi connectivity index (χ4n) is 1.93. The lowest BCUT2D eigenvalue weighted by Gasteiger charge is -2.13. The number of carbonyl (C=O) groups is 2. The van der Waals surface area contributed by atoms with Crippen molar-refractivity contribution in [1.29, 1.82) is 0 Å². The molecule has 1 aromatic carbocycles. The number of hydrogen-bond acceptors (Lipinski definition) is 6. The molecule has 21 heavy (non-hydrogen) atoms. The Labute approximate surface area is 119 Å². The van der Waals surface area contributed by atoms with Crippen LogP contribution in [0.2, 0.25) is 0 Å². The Balaban J connectivity index is 1.64. The Kier molecular flexibility index (Phi) is 3.46. The lowest BCUT2D eigenvalue weighted by atomic mass is 10.3. The van der Waals surface area contributed by atoms with E-state index < -0.39 is 0 Å². The van der Waals surface area contributed by atoms with Crippen molar-refractivity contribution in [3.63, 3.8) is 0 Å². The average Bonchev–Trinajstić information content (AvgIpc) is 3.16. The normalized spacial score (nSPS) is 14.1. The Morgan fingerprint density at radius 3 is 3.05 bits per heavy atom. The van der Waals surface area contributed by atoms with Crippen LogP contribution in [-0.4, -0.2) is 56.7 Å². The molecule has 3 amide bonds. The molecule has 1 N–H and O–H groups in total. The molecule has 9 heteroatoms. The predicted molar refractivity (Wildman–Crippen MR) is 69.8 cm³/mol. The lowest BCUT2D eigenvalue weighted by molar-refractivity contribution is -0.129. The molecule has 1 fully saturated rings. The van der Waals surface area contributed by atoms with E-state index in [0.29, 0.717) is 24.5 Å². The largest absolute Gasteiger partial charge is 0.484 e. The number of tetrazole rings is 1. The van der Waals surface area contributed by atoms with E-state index in [2.05, 4.69) is 20.8 Å². The minimum absolute atomic E-state index is 0.202. The first-order valence-corrected chi connectivity index (χ1v) is 6.28. The molecule has 108 valence electrons. The fourth-order valence-corrected chi connectivity index (χ4v) is 1.93. The van der Waals surface area contributed by atoms with E-state index in [1.54, 1.807) is 24.3 Å². The summed E-state index contributed by atoms with van der Waals surface area (Å²) >= 11 is 0. The van der Waals surface area contributed by atoms with Gasteiger partial charge in [-0.1, -0.05) is 6.07 Å². The highest BCUT2D eigenvalue weighted by Crippen LogP contribution is 2.15. The van der Waals surface area contributed by atoms with Gasteiger partial charge in [-0.2, -0.15) is 0 Å². The molecule has 1 aliphatic rings. The number of nitrogens with zero attached hydrogens (tertiary/aromatic N) is 5. The predicted octanol–water partition coefficient (Wildman–Crippen LogP) is -0.407. The van der Waals surface area contributed by atoms with Crippen molar-refractivity contribution < 1.29 is 14.3 Å². The van der Waals surface area contributed by atoms with Crippen LogP contribution in [-0.2, 0) is 4.79 Å². The van der Waals surface area contributed by atoms with E-state index >= 15 is 0 Å². The number of imide groups is 1. The first kappa shape index (κ1) is 13.0. The monoisotopic (exact) mass is 288 g/mol. The highest BCUT2D eigenvalue weighted by molar-refractivity contribution is 5.96. The van der Waals surface area contributed by atoms with Gasteiger partial charge in [0.2, 0.25) is 0 Å². The molecule has 2 aromatic rings. The first-order valence-electron chi connectivity index (χ1n) is 6.28. The third-order valence-corrected chi connectivity index (χ3v) is 2.95. The van der Waals surface area contributed by atoms with Crippen LogP contribution in [0.25, 0.3) is 5.69 Å². The summed E-state index contributed by atoms with van der Waals surface area (Å²) < 4.78 is 6.89. The van der Waals surface area contributed by atoms with Crippen LogP contribution in [0.3, 0.4) is 0 Å². The van der Waals surface area contributed by atoms with E-state index in [0.717, 1.165) is 4.90 Å². The summed E-state index contributed by atoms with van der Waals surface area (Å²) in [4.78, 5) is 24.3. The standard InChI is InChI=1S/C12H12N6O3/c19-11(17-5-4-13-12(17)20)7-21-10-3-1-2-9(6-10)18-8-14-15-16-18/h1-3,6,8H,4-5,7H2,(H,13,20). The van der Waals surface area contributed by atoms with E-state index in [9.17, 15) is 9.59 Å². The quantitative estimate of drug-likeness (QED) is 0.820. The molecule has 2 heterocycles. The first-order chi connectivity index (χ1) is 10.2. The van der Waals surface area contributed by atoms with Crippen LogP contribution in [0, 0.1) is 0 Å². The Morgan fingerprint density at radius 1 is 1.43 bits per heavy atom. The van der Waals surface area contributed by atoms with E-state index in [1.165, 1.54) is 11.0 Å². The molecule has 0 spiro atoms. The van der Waals surface area contributed by atoms with Gasteiger partial charge in [-0.05, 0) is 22.6 Å². The van der Waals surface area contributed by atoms with Crippen molar-refractivity contribution >= 4 is 11.9 Å². The maximum Gasteiger partial charge on any atom is 0.324 e. The highest BCUT2D eigenvalue weighted by Gasteiger charge is 2.26. The number of aromatic nitrogens is 4. The van der Waals surface area contributed by atoms with E-state index in [4.69, 9.17) is 4.74 Å². The molecule has 0 bridgehead atoms. The number of nitrogens with one attached hydrogen (secondary N) is 1. The second-order valence-corrected chi connectivity index (χ2v) is 4.32. The molecule has 0 atom stereocenters. The molecule has 0 saturated carbocycles. The number of carbonyl (C=O) groups excluding carboxylic acids is 2. The van der Waals surface area contributed by atoms with Crippen molar-refractivity contribution in [2.75, 3.05) is 19.7 Å². The number of benzene rings is 1. The Hall–Kier alpha value is -2.97. The lowest BCUT2D eigenvalue weighted by Crippen LogP contribution is -2.37. The van der Waals surface area contributed by atoms with Gasteiger partial charge in [-0.15, -0.1) is 5.10 Å². The zero-order chi connectivity index (χ0) is 14.7. The second-order valence-electron chi connectivity index (χ2n) is 4.32. The van der Waals surface area contributed by atoms with Gasteiger partial charge in [-0.3, -0.25) is 9.69 Å². The van der Waals surface area contributed by atoms with Crippen molar-refractivity contribution in [2.24, 2.45) is 0 Å². The molecule has 3 rings (SSSR count). The van der Waals surface area contributed by atoms with Crippen molar-refractivity contribution in [1.82, 2.24) is 30.4 Å². The number of rotatable bonds is 4. The van der Waals surface area contributed by atoms with Crippen molar-refractivity contribution in [3.05, 3.63) is 30.6 Å². The number of hydrogen-bond donors (Lipinski definition) is 1. The third kappa shape index (κ3) is 2.81. The highest BCUT2D eigenvalue weighted by atomic mass is 16.5. The van der Waals surface area contributed by atoms with Gasteiger partial charge in [0.25, 0.3) is 5.91 Å². The summed E-state index contributed by atoms with van der Waals surface area (Å²) in [5, 5.41) is 13.4. The summed E-state index contributed by atoms with van der Waals surface area (Å²) in [7, 11) is 0. The van der Waals surface area contributed by atoms with Crippen LogP contribution >= 0.6 is 0 Å². The number of ether oxygens (including phenoxy) is 1. The molecule has 0 aliphatic carbocycles. The molecule has 1 saturated heterocycles. The SMILES string of the molecule is O=C(COc1cccc(-n2cnnn2)c1)N1CCNC1=O. The van der Waals surface area contributed by atoms with Crippen molar-refractivity contribution in [2.45, 2.75) is 0 Å². The van der Waals surface area contributed by atoms with Crippen LogP contribution in [0.4, 0.5) is 4.79 Å². The van der Waals surface area contributed by atoms with Gasteiger partial charge < -0.3 is 10.1 Å². The minimum Gasteiger partial charge on any atom is -0.484 e. The molecule has 1 aliphatic heterocycles. The van der Waals surface area contributed by atoms with Gasteiger partial charge in [0.05, 0.1) is 5.69 Å². The van der Waals surface area contributed by atoms with Gasteiger partial charge >= 0.3 is 6.03 Å². The van der Waals surface area contributed by atoms with Crippen LogP contribution in [0.5, 0.6) is 5.75 Å². The maximum absolute atomic E-state index is 11.8. The molecular formula is C12H12N6O3. The van der Waals surface area contributed by atoms with Crippen LogP contribution < -0.4 is 10.1 Å². The Bertz CT molecular complexity index is 657. The summed E-state index contributed by atoms with van der Waals surface area (Å²) in [6.45, 7) is 0.636. The maximum atomic E-state index is 11.8. The van der Waals surface area contributed by atoms with Gasteiger partial charge in [0.1, 0.15) is 12.1 Å². The smallest absolute Gasteiger partial charge is 0.324 e. The van der Waals surface area contributed by atoms with Gasteiger partial charge in [-0.25, -0.2) is 9.48 Å². The van der Waals surface area contributed by atoms with Crippen LogP contribution in [0.15, 0.2) is 30.6 Å². The number of amides is 3. The van der Waals surface area contributed by atoms with Gasteiger partial charge in [0.15, 0.2) is 6.61 Å². The molecule has 0 unspecified atom stereocenters. The second kappa shape index (κ2) is 5.57. The third-order valence-electron chi connectivity index (χ3n) is 2.95. The zero-order valence-electron chi connectivity index (χ0n) is 11.0. The topological polar surface area (TPSA) is 102 Å². The van der Waals surface area contributed by atoms with E-state index in [1.807, 2.05) is 0 Å². The summed E-state index contributed by atoms with van der Waals surface area (Å²) in [6.07, 6.45) is 1.46. The Morgan fingerprint density at radius 2 is 2.33 bits per heavy atom. The summed E-state index contributed by atoms with van der Waals surface area (Å²) in [6, 6.07) is 6.60. The average molecular weight is 288 g/mol. The fraction of sp³-hybridized carbons (Fsp3) is 0.250. The number of urea groups is 1.